The molecule has 0 aliphatic rings. The Kier molecular flexibility index (Phi) is 4.98. The molecule has 7 aromatic rings. The molecule has 0 spiro atoms. The SMILES string of the molecule is c1ccc(-c2nc3ccccc3nc2-c2cccc(-c3ccc4c(c3)[te]c3ccccc34)c2)cc1. The zero-order valence-electron chi connectivity index (χ0n) is 18.8. The summed E-state index contributed by atoms with van der Waals surface area (Å²) in [5.41, 5.74) is 8.28. The van der Waals surface area contributed by atoms with E-state index < -0.39 is 0 Å². The van der Waals surface area contributed by atoms with E-state index in [4.69, 9.17) is 9.97 Å². The molecule has 0 aliphatic carbocycles. The molecule has 0 radical (unpaired) electrons. The fourth-order valence-corrected chi connectivity index (χ4v) is 8.02. The summed E-state index contributed by atoms with van der Waals surface area (Å²) in [6.07, 6.45) is 0. The minimum absolute atomic E-state index is 0.343. The van der Waals surface area contributed by atoms with Crippen LogP contribution in [0.1, 0.15) is 0 Å². The van der Waals surface area contributed by atoms with E-state index >= 15 is 0 Å². The van der Waals surface area contributed by atoms with Gasteiger partial charge in [-0.15, -0.1) is 0 Å². The normalized spacial score (nSPS) is 11.4. The van der Waals surface area contributed by atoms with Gasteiger partial charge in [0, 0.05) is 0 Å². The van der Waals surface area contributed by atoms with Gasteiger partial charge in [0.2, 0.25) is 0 Å². The molecule has 5 aromatic carbocycles. The van der Waals surface area contributed by atoms with Crippen LogP contribution >= 0.6 is 0 Å². The van der Waals surface area contributed by atoms with Crippen LogP contribution in [0.4, 0.5) is 0 Å². The molecule has 2 nitrogen and oxygen atoms in total. The fourth-order valence-electron chi connectivity index (χ4n) is 4.75. The summed E-state index contributed by atoms with van der Waals surface area (Å²) >= 11 is -0.343. The van der Waals surface area contributed by atoms with Crippen molar-refractivity contribution in [1.29, 1.82) is 0 Å². The van der Waals surface area contributed by atoms with Crippen LogP contribution in [0.15, 0.2) is 121 Å². The Morgan fingerprint density at radius 3 is 1.83 bits per heavy atom. The molecule has 0 saturated carbocycles. The molecule has 0 saturated heterocycles. The molecule has 0 unspecified atom stereocenters. The van der Waals surface area contributed by atoms with Gasteiger partial charge in [0.1, 0.15) is 0 Å². The van der Waals surface area contributed by atoms with Crippen molar-refractivity contribution < 1.29 is 0 Å². The minimum atomic E-state index is -0.343. The van der Waals surface area contributed by atoms with Gasteiger partial charge in [0.05, 0.1) is 0 Å². The Morgan fingerprint density at radius 2 is 1.00 bits per heavy atom. The van der Waals surface area contributed by atoms with Crippen LogP contribution < -0.4 is 0 Å². The Hall–Kier alpha value is -3.77. The number of rotatable bonds is 3. The average Bonchev–Trinajstić information content (AvgIpc) is 3.31. The molecular formula is C32H20N2Te. The molecule has 7 rings (SSSR count). The van der Waals surface area contributed by atoms with E-state index in [9.17, 15) is 0 Å². The second-order valence-electron chi connectivity index (χ2n) is 8.67. The van der Waals surface area contributed by atoms with Crippen molar-refractivity contribution in [3.05, 3.63) is 121 Å². The van der Waals surface area contributed by atoms with Gasteiger partial charge < -0.3 is 0 Å². The van der Waals surface area contributed by atoms with Crippen LogP contribution in [0.2, 0.25) is 0 Å². The van der Waals surface area contributed by atoms with E-state index in [1.807, 2.05) is 30.3 Å². The van der Waals surface area contributed by atoms with Gasteiger partial charge in [-0.2, -0.15) is 0 Å². The van der Waals surface area contributed by atoms with Crippen LogP contribution in [0, 0.1) is 0 Å². The Bertz CT molecular complexity index is 1850. The second-order valence-corrected chi connectivity index (χ2v) is 11.8. The van der Waals surface area contributed by atoms with Crippen molar-refractivity contribution in [2.45, 2.75) is 0 Å². The monoisotopic (exact) mass is 562 g/mol. The van der Waals surface area contributed by atoms with Crippen molar-refractivity contribution in [1.82, 2.24) is 9.97 Å². The van der Waals surface area contributed by atoms with Crippen LogP contribution in [0.5, 0.6) is 0 Å². The van der Waals surface area contributed by atoms with Gasteiger partial charge in [-0.25, -0.2) is 0 Å². The number of hydrogen-bond donors (Lipinski definition) is 0. The van der Waals surface area contributed by atoms with Gasteiger partial charge >= 0.3 is 214 Å². The molecule has 2 heterocycles. The van der Waals surface area contributed by atoms with Crippen molar-refractivity contribution in [2.24, 2.45) is 0 Å². The van der Waals surface area contributed by atoms with Crippen LogP contribution in [-0.4, -0.2) is 30.4 Å². The number of aromatic nitrogens is 2. The standard InChI is InChI=1S/C32H20N2Te/c1-2-9-21(10-3-1)31-32(34-28-15-6-5-14-27(28)33-31)24-12-8-11-22(19-24)23-17-18-26-25-13-4-7-16-29(25)35-30(26)20-23/h1-20H. The Balaban J connectivity index is 1.40. The summed E-state index contributed by atoms with van der Waals surface area (Å²) in [6, 6.07) is 43.0. The first kappa shape index (κ1) is 20.6. The van der Waals surface area contributed by atoms with E-state index in [0.717, 1.165) is 33.5 Å². The van der Waals surface area contributed by atoms with Gasteiger partial charge in [-0.05, 0) is 0 Å². The summed E-state index contributed by atoms with van der Waals surface area (Å²) in [4.78, 5) is 10.1. The maximum atomic E-state index is 5.09. The number of benzene rings is 5. The number of fused-ring (bicyclic) bond motifs is 4. The van der Waals surface area contributed by atoms with E-state index in [1.54, 1.807) is 0 Å². The van der Waals surface area contributed by atoms with E-state index in [-0.39, 0.29) is 20.4 Å². The van der Waals surface area contributed by atoms with Crippen molar-refractivity contribution in [3.8, 4) is 33.6 Å². The summed E-state index contributed by atoms with van der Waals surface area (Å²) in [6.45, 7) is 0. The third-order valence-electron chi connectivity index (χ3n) is 6.47. The van der Waals surface area contributed by atoms with Gasteiger partial charge in [0.25, 0.3) is 0 Å². The molecule has 3 heteroatoms. The van der Waals surface area contributed by atoms with Crippen molar-refractivity contribution in [2.75, 3.05) is 0 Å². The Morgan fingerprint density at radius 1 is 0.400 bits per heavy atom. The topological polar surface area (TPSA) is 25.8 Å². The predicted molar refractivity (Wildman–Crippen MR) is 148 cm³/mol. The van der Waals surface area contributed by atoms with Gasteiger partial charge in [0.15, 0.2) is 0 Å². The number of hydrogen-bond acceptors (Lipinski definition) is 2. The van der Waals surface area contributed by atoms with Crippen LogP contribution in [0.3, 0.4) is 0 Å². The van der Waals surface area contributed by atoms with Crippen LogP contribution in [-0.2, 0) is 0 Å². The van der Waals surface area contributed by atoms with Crippen LogP contribution in [0.25, 0.3) is 62.3 Å². The first-order chi connectivity index (χ1) is 17.3. The molecular weight excluding hydrogens is 540 g/mol. The summed E-state index contributed by atoms with van der Waals surface area (Å²) < 4.78 is 3.06. The zero-order chi connectivity index (χ0) is 23.2. The molecule has 0 atom stereocenters. The molecule has 35 heavy (non-hydrogen) atoms. The first-order valence-corrected chi connectivity index (χ1v) is 14.0. The average molecular weight is 560 g/mol. The second kappa shape index (κ2) is 8.47. The third kappa shape index (κ3) is 3.65. The molecule has 2 aromatic heterocycles. The van der Waals surface area contributed by atoms with Gasteiger partial charge in [-0.1, -0.05) is 0 Å². The number of para-hydroxylation sites is 2. The van der Waals surface area contributed by atoms with E-state index in [0.29, 0.717) is 0 Å². The van der Waals surface area contributed by atoms with Gasteiger partial charge in [-0.3, -0.25) is 0 Å². The quantitative estimate of drug-likeness (QED) is 0.205. The molecule has 0 bridgehead atoms. The maximum absolute atomic E-state index is 5.09. The molecule has 0 fully saturated rings. The van der Waals surface area contributed by atoms with Crippen molar-refractivity contribution in [3.63, 3.8) is 0 Å². The third-order valence-corrected chi connectivity index (χ3v) is 9.70. The van der Waals surface area contributed by atoms with E-state index in [1.165, 1.54) is 28.7 Å². The predicted octanol–water partition coefficient (Wildman–Crippen LogP) is 7.99. The first-order valence-electron chi connectivity index (χ1n) is 11.7. The summed E-state index contributed by atoms with van der Waals surface area (Å²) in [5, 5.41) is 2.83. The fraction of sp³-hybridized carbons (Fsp3) is 0. The number of nitrogens with zero attached hydrogens (tertiary/aromatic N) is 2. The molecule has 0 aliphatic heterocycles. The summed E-state index contributed by atoms with van der Waals surface area (Å²) in [7, 11) is 0. The zero-order valence-corrected chi connectivity index (χ0v) is 21.2. The van der Waals surface area contributed by atoms with E-state index in [2.05, 4.69) is 91.0 Å². The van der Waals surface area contributed by atoms with Crippen molar-refractivity contribution >= 4 is 49.0 Å². The molecule has 0 amide bonds. The molecule has 164 valence electrons. The Labute approximate surface area is 213 Å². The molecule has 0 N–H and O–H groups in total. The summed E-state index contributed by atoms with van der Waals surface area (Å²) in [5.74, 6) is 0.